The van der Waals surface area contributed by atoms with Gasteiger partial charge in [-0.15, -0.1) is 6.58 Å². The molecule has 110 valence electrons. The molecule has 0 atom stereocenters. The first-order valence-corrected chi connectivity index (χ1v) is 7.81. The van der Waals surface area contributed by atoms with Crippen molar-refractivity contribution in [2.75, 3.05) is 6.54 Å². The number of aliphatic carboxylic acids is 1. The minimum Gasteiger partial charge on any atom is -0.481 e. The summed E-state index contributed by atoms with van der Waals surface area (Å²) in [5.74, 6) is -0.708. The quantitative estimate of drug-likeness (QED) is 0.468. The van der Waals surface area contributed by atoms with Crippen LogP contribution in [0.25, 0.3) is 0 Å². The molecule has 1 saturated carbocycles. The number of allylic oxidation sites excluding steroid dienone is 1. The lowest BCUT2D eigenvalue weighted by atomic mass is 9.86. The molecule has 3 nitrogen and oxygen atoms in total. The van der Waals surface area contributed by atoms with Gasteiger partial charge in [0.1, 0.15) is 0 Å². The Morgan fingerprint density at radius 3 is 2.37 bits per heavy atom. The summed E-state index contributed by atoms with van der Waals surface area (Å²) in [5.41, 5.74) is 0. The van der Waals surface area contributed by atoms with Gasteiger partial charge in [-0.05, 0) is 51.5 Å². The molecule has 0 radical (unpaired) electrons. The van der Waals surface area contributed by atoms with Gasteiger partial charge in [0.2, 0.25) is 0 Å². The Bertz CT molecular complexity index is 257. The van der Waals surface area contributed by atoms with Crippen LogP contribution in [0.5, 0.6) is 0 Å². The molecule has 0 aliphatic heterocycles. The van der Waals surface area contributed by atoms with Crippen LogP contribution in [0.3, 0.4) is 0 Å². The van der Waals surface area contributed by atoms with Crippen LogP contribution in [0.1, 0.15) is 64.2 Å². The monoisotopic (exact) mass is 267 g/mol. The molecule has 1 rings (SSSR count). The van der Waals surface area contributed by atoms with E-state index >= 15 is 0 Å². The molecule has 0 aromatic heterocycles. The third-order valence-electron chi connectivity index (χ3n) is 4.09. The summed E-state index contributed by atoms with van der Waals surface area (Å²) in [7, 11) is 0. The molecule has 0 heterocycles. The maximum absolute atomic E-state index is 10.8. The van der Waals surface area contributed by atoms with Crippen molar-refractivity contribution >= 4 is 5.97 Å². The highest BCUT2D eigenvalue weighted by molar-refractivity contribution is 5.70. The van der Waals surface area contributed by atoms with E-state index < -0.39 is 5.97 Å². The Kier molecular flexibility index (Phi) is 8.55. The molecule has 0 saturated heterocycles. The number of carboxylic acid groups (broad SMARTS) is 1. The van der Waals surface area contributed by atoms with Gasteiger partial charge in [-0.25, -0.2) is 0 Å². The van der Waals surface area contributed by atoms with Crippen LogP contribution in [-0.4, -0.2) is 23.7 Å². The van der Waals surface area contributed by atoms with E-state index in [-0.39, 0.29) is 5.92 Å². The standard InChI is InChI=1S/C16H29NO2/c1-2-3-4-5-6-7-8-13-17-15-11-9-14(10-12-15)16(18)19/h2,14-15,17H,1,3-13H2,(H,18,19). The Balaban J connectivity index is 1.91. The van der Waals surface area contributed by atoms with Crippen LogP contribution >= 0.6 is 0 Å². The van der Waals surface area contributed by atoms with E-state index in [9.17, 15) is 4.79 Å². The molecular weight excluding hydrogens is 238 g/mol. The number of unbranched alkanes of at least 4 members (excludes halogenated alkanes) is 5. The summed E-state index contributed by atoms with van der Waals surface area (Å²) >= 11 is 0. The van der Waals surface area contributed by atoms with Crippen LogP contribution in [0, 0.1) is 5.92 Å². The van der Waals surface area contributed by atoms with Crippen molar-refractivity contribution in [2.45, 2.75) is 70.3 Å². The van der Waals surface area contributed by atoms with Gasteiger partial charge >= 0.3 is 5.97 Å². The van der Waals surface area contributed by atoms with Crippen molar-refractivity contribution in [3.63, 3.8) is 0 Å². The highest BCUT2D eigenvalue weighted by Gasteiger charge is 2.25. The number of nitrogens with one attached hydrogen (secondary N) is 1. The van der Waals surface area contributed by atoms with Gasteiger partial charge in [-0.3, -0.25) is 4.79 Å². The number of carbonyl (C=O) groups is 1. The molecule has 3 heteroatoms. The van der Waals surface area contributed by atoms with Crippen LogP contribution in [0.4, 0.5) is 0 Å². The normalized spacial score (nSPS) is 23.2. The van der Waals surface area contributed by atoms with Gasteiger partial charge in [-0.2, -0.15) is 0 Å². The van der Waals surface area contributed by atoms with Gasteiger partial charge in [0.25, 0.3) is 0 Å². The lowest BCUT2D eigenvalue weighted by Crippen LogP contribution is -2.35. The average Bonchev–Trinajstić information content (AvgIpc) is 2.42. The predicted octanol–water partition coefficient (Wildman–Crippen LogP) is 3.75. The molecule has 19 heavy (non-hydrogen) atoms. The summed E-state index contributed by atoms with van der Waals surface area (Å²) in [5, 5.41) is 12.5. The minimum absolute atomic E-state index is 0.0945. The van der Waals surface area contributed by atoms with Crippen LogP contribution < -0.4 is 5.32 Å². The third kappa shape index (κ3) is 7.36. The zero-order chi connectivity index (χ0) is 13.9. The van der Waals surface area contributed by atoms with Gasteiger partial charge in [0, 0.05) is 6.04 Å². The lowest BCUT2D eigenvalue weighted by Gasteiger charge is -2.26. The zero-order valence-electron chi connectivity index (χ0n) is 12.1. The summed E-state index contributed by atoms with van der Waals surface area (Å²) < 4.78 is 0. The van der Waals surface area contributed by atoms with Crippen molar-refractivity contribution in [2.24, 2.45) is 5.92 Å². The average molecular weight is 267 g/mol. The van der Waals surface area contributed by atoms with Gasteiger partial charge in [0.05, 0.1) is 5.92 Å². The van der Waals surface area contributed by atoms with Gasteiger partial charge in [0.15, 0.2) is 0 Å². The van der Waals surface area contributed by atoms with Crippen LogP contribution in [0.15, 0.2) is 12.7 Å². The van der Waals surface area contributed by atoms with E-state index in [1.165, 1.54) is 32.1 Å². The second kappa shape index (κ2) is 10.0. The highest BCUT2D eigenvalue weighted by atomic mass is 16.4. The van der Waals surface area contributed by atoms with Crippen molar-refractivity contribution in [3.05, 3.63) is 12.7 Å². The number of rotatable bonds is 10. The Hall–Kier alpha value is -0.830. The topological polar surface area (TPSA) is 49.3 Å². The fourth-order valence-corrected chi connectivity index (χ4v) is 2.79. The van der Waals surface area contributed by atoms with E-state index in [1.54, 1.807) is 0 Å². The summed E-state index contributed by atoms with van der Waals surface area (Å²) in [6.45, 7) is 4.82. The van der Waals surface area contributed by atoms with Gasteiger partial charge < -0.3 is 10.4 Å². The number of carboxylic acids is 1. The first-order valence-electron chi connectivity index (χ1n) is 7.81. The fourth-order valence-electron chi connectivity index (χ4n) is 2.79. The molecule has 2 N–H and O–H groups in total. The SMILES string of the molecule is C=CCCCCCCCNC1CCC(C(=O)O)CC1. The molecule has 0 aromatic rings. The molecule has 0 aromatic carbocycles. The molecule has 1 aliphatic carbocycles. The van der Waals surface area contributed by atoms with E-state index in [0.29, 0.717) is 6.04 Å². The van der Waals surface area contributed by atoms with Crippen molar-refractivity contribution in [1.29, 1.82) is 0 Å². The summed E-state index contributed by atoms with van der Waals surface area (Å²) in [4.78, 5) is 10.8. The number of hydrogen-bond donors (Lipinski definition) is 2. The first-order chi connectivity index (χ1) is 9.24. The zero-order valence-corrected chi connectivity index (χ0v) is 12.1. The maximum Gasteiger partial charge on any atom is 0.306 e. The largest absolute Gasteiger partial charge is 0.481 e. The van der Waals surface area contributed by atoms with Crippen LogP contribution in [0.2, 0.25) is 0 Å². The first kappa shape index (κ1) is 16.2. The third-order valence-corrected chi connectivity index (χ3v) is 4.09. The second-order valence-electron chi connectivity index (χ2n) is 5.69. The lowest BCUT2D eigenvalue weighted by molar-refractivity contribution is -0.142. The van der Waals surface area contributed by atoms with E-state index in [4.69, 9.17) is 5.11 Å². The summed E-state index contributed by atoms with van der Waals surface area (Å²) in [6.07, 6.45) is 13.3. The van der Waals surface area contributed by atoms with E-state index in [2.05, 4.69) is 11.9 Å². The van der Waals surface area contributed by atoms with E-state index in [1.807, 2.05) is 6.08 Å². The van der Waals surface area contributed by atoms with Crippen molar-refractivity contribution in [3.8, 4) is 0 Å². The Labute approximate surface area is 117 Å². The van der Waals surface area contributed by atoms with E-state index in [0.717, 1.165) is 38.6 Å². The molecular formula is C16H29NO2. The van der Waals surface area contributed by atoms with Gasteiger partial charge in [-0.1, -0.05) is 25.3 Å². The smallest absolute Gasteiger partial charge is 0.306 e. The predicted molar refractivity (Wildman–Crippen MR) is 79.3 cm³/mol. The Morgan fingerprint density at radius 2 is 1.74 bits per heavy atom. The molecule has 0 spiro atoms. The maximum atomic E-state index is 10.8. The molecule has 0 bridgehead atoms. The Morgan fingerprint density at radius 1 is 1.11 bits per heavy atom. The molecule has 0 unspecified atom stereocenters. The molecule has 0 amide bonds. The molecule has 1 aliphatic rings. The highest BCUT2D eigenvalue weighted by Crippen LogP contribution is 2.24. The number of hydrogen-bond acceptors (Lipinski definition) is 2. The van der Waals surface area contributed by atoms with Crippen molar-refractivity contribution < 1.29 is 9.90 Å². The second-order valence-corrected chi connectivity index (χ2v) is 5.69. The fraction of sp³-hybridized carbons (Fsp3) is 0.812. The van der Waals surface area contributed by atoms with Crippen LogP contribution in [-0.2, 0) is 4.79 Å². The van der Waals surface area contributed by atoms with Crippen molar-refractivity contribution in [1.82, 2.24) is 5.32 Å². The minimum atomic E-state index is -0.613. The molecule has 1 fully saturated rings. The summed E-state index contributed by atoms with van der Waals surface area (Å²) in [6, 6.07) is 0.552.